The zero-order valence-electron chi connectivity index (χ0n) is 9.95. The standard InChI is InChI=1S/C11H11N4O3/c1-14-9-8(7(18-2)3-5-13-9)10(16)15(6-4-12)11(14)17/h3,5,8H,6H2,1-2H3/q+1. The monoisotopic (exact) mass is 247 g/mol. The minimum Gasteiger partial charge on any atom is -0.499 e. The van der Waals surface area contributed by atoms with Crippen molar-refractivity contribution >= 4 is 24.0 Å². The second kappa shape index (κ2) is 4.41. The second-order valence-electron chi connectivity index (χ2n) is 3.77. The summed E-state index contributed by atoms with van der Waals surface area (Å²) in [5, 5.41) is 8.66. The fraction of sp³-hybridized carbons (Fsp3) is 0.364. The third-order valence-corrected chi connectivity index (χ3v) is 2.83. The number of rotatable bonds is 2. The lowest BCUT2D eigenvalue weighted by atomic mass is 10.00. The fourth-order valence-electron chi connectivity index (χ4n) is 1.93. The highest BCUT2D eigenvalue weighted by Gasteiger charge is 2.49. The molecule has 0 aromatic heterocycles. The molecule has 3 amide bonds. The summed E-state index contributed by atoms with van der Waals surface area (Å²) in [5.74, 6) is -0.513. The van der Waals surface area contributed by atoms with Gasteiger partial charge >= 0.3 is 11.9 Å². The first-order valence-electron chi connectivity index (χ1n) is 5.23. The van der Waals surface area contributed by atoms with Crippen LogP contribution < -0.4 is 0 Å². The van der Waals surface area contributed by atoms with Crippen LogP contribution in [0.5, 0.6) is 0 Å². The molecule has 92 valence electrons. The number of allylic oxidation sites excluding steroid dienone is 1. The van der Waals surface area contributed by atoms with E-state index in [1.165, 1.54) is 24.9 Å². The lowest BCUT2D eigenvalue weighted by Crippen LogP contribution is -2.54. The first-order chi connectivity index (χ1) is 8.61. The molecule has 0 aliphatic carbocycles. The summed E-state index contributed by atoms with van der Waals surface area (Å²) in [4.78, 5) is 29.0. The maximum Gasteiger partial charge on any atom is 0.446 e. The molecule has 2 rings (SSSR count). The van der Waals surface area contributed by atoms with Gasteiger partial charge in [0.1, 0.15) is 18.0 Å². The molecule has 0 N–H and O–H groups in total. The summed E-state index contributed by atoms with van der Waals surface area (Å²) in [5.41, 5.74) is 0. The van der Waals surface area contributed by atoms with Crippen molar-refractivity contribution in [3.8, 4) is 6.07 Å². The van der Waals surface area contributed by atoms with Crippen LogP contribution in [-0.4, -0.2) is 54.2 Å². The van der Waals surface area contributed by atoms with Crippen molar-refractivity contribution in [2.45, 2.75) is 0 Å². The van der Waals surface area contributed by atoms with Crippen molar-refractivity contribution in [2.75, 3.05) is 20.7 Å². The number of urea groups is 1. The van der Waals surface area contributed by atoms with Crippen molar-refractivity contribution in [2.24, 2.45) is 10.9 Å². The first-order valence-corrected chi connectivity index (χ1v) is 5.23. The van der Waals surface area contributed by atoms with Crippen LogP contribution in [0.15, 0.2) is 16.8 Å². The number of carbonyl (C=O) groups is 2. The Hall–Kier alpha value is -2.49. The Kier molecular flexibility index (Phi) is 2.93. The molecule has 0 radical (unpaired) electrons. The second-order valence-corrected chi connectivity index (χ2v) is 3.77. The zero-order chi connectivity index (χ0) is 13.3. The molecule has 0 aromatic carbocycles. The largest absolute Gasteiger partial charge is 0.499 e. The smallest absolute Gasteiger partial charge is 0.446 e. The van der Waals surface area contributed by atoms with Gasteiger partial charge < -0.3 is 4.74 Å². The Morgan fingerprint density at radius 3 is 2.94 bits per heavy atom. The molecule has 18 heavy (non-hydrogen) atoms. The number of carbonyl (C=O) groups excluding carboxylic acids is 2. The predicted molar refractivity (Wildman–Crippen MR) is 61.0 cm³/mol. The van der Waals surface area contributed by atoms with E-state index in [1.54, 1.807) is 12.1 Å². The molecule has 0 spiro atoms. The van der Waals surface area contributed by atoms with Crippen LogP contribution in [0.3, 0.4) is 0 Å². The quantitative estimate of drug-likeness (QED) is 0.497. The van der Waals surface area contributed by atoms with Gasteiger partial charge in [-0.1, -0.05) is 0 Å². The highest BCUT2D eigenvalue weighted by Crippen LogP contribution is 2.24. The van der Waals surface area contributed by atoms with E-state index in [9.17, 15) is 9.59 Å². The van der Waals surface area contributed by atoms with Gasteiger partial charge in [-0.2, -0.15) is 14.7 Å². The molecule has 2 aliphatic rings. The number of fused-ring (bicyclic) bond motifs is 1. The maximum atomic E-state index is 12.2. The predicted octanol–water partition coefficient (Wildman–Crippen LogP) is -0.256. The van der Waals surface area contributed by atoms with Crippen molar-refractivity contribution in [1.82, 2.24) is 4.90 Å². The first kappa shape index (κ1) is 12.0. The molecule has 0 aromatic rings. The van der Waals surface area contributed by atoms with Gasteiger partial charge in [-0.3, -0.25) is 4.79 Å². The SMILES string of the molecule is COC1=CC=NC2=[N+](C)C(=O)N(CC#N)C(=O)C12. The normalized spacial score (nSPS) is 22.6. The number of amidine groups is 1. The van der Waals surface area contributed by atoms with Gasteiger partial charge in [0.05, 0.1) is 14.2 Å². The molecule has 0 bridgehead atoms. The highest BCUT2D eigenvalue weighted by molar-refractivity contribution is 6.15. The van der Waals surface area contributed by atoms with Crippen LogP contribution in [0.4, 0.5) is 4.79 Å². The molecule has 7 heteroatoms. The molecule has 7 nitrogen and oxygen atoms in total. The minimum absolute atomic E-state index is 0.285. The summed E-state index contributed by atoms with van der Waals surface area (Å²) in [6.45, 7) is -0.285. The number of aliphatic imine (C=N–C) groups is 1. The Labute approximate surface area is 103 Å². The van der Waals surface area contributed by atoms with E-state index in [4.69, 9.17) is 10.00 Å². The van der Waals surface area contributed by atoms with E-state index >= 15 is 0 Å². The van der Waals surface area contributed by atoms with Crippen LogP contribution in [-0.2, 0) is 9.53 Å². The van der Waals surface area contributed by atoms with Gasteiger partial charge in [0, 0.05) is 6.08 Å². The third kappa shape index (κ3) is 1.59. The van der Waals surface area contributed by atoms with E-state index in [2.05, 4.69) is 4.99 Å². The van der Waals surface area contributed by atoms with Crippen LogP contribution >= 0.6 is 0 Å². The zero-order valence-corrected chi connectivity index (χ0v) is 9.95. The molecule has 2 heterocycles. The van der Waals surface area contributed by atoms with Gasteiger partial charge in [0.25, 0.3) is 5.84 Å². The van der Waals surface area contributed by atoms with Crippen LogP contribution in [0.2, 0.25) is 0 Å². The Balaban J connectivity index is 2.53. The van der Waals surface area contributed by atoms with E-state index < -0.39 is 17.9 Å². The van der Waals surface area contributed by atoms with Crippen molar-refractivity contribution in [1.29, 1.82) is 5.26 Å². The van der Waals surface area contributed by atoms with Gasteiger partial charge in [0.2, 0.25) is 0 Å². The lowest BCUT2D eigenvalue weighted by Gasteiger charge is -2.26. The summed E-state index contributed by atoms with van der Waals surface area (Å²) >= 11 is 0. The van der Waals surface area contributed by atoms with E-state index in [-0.39, 0.29) is 6.54 Å². The third-order valence-electron chi connectivity index (χ3n) is 2.83. The average Bonchev–Trinajstić information content (AvgIpc) is 2.40. The number of nitrogens with zero attached hydrogens (tertiary/aromatic N) is 4. The number of methoxy groups -OCH3 is 1. The van der Waals surface area contributed by atoms with Gasteiger partial charge in [0.15, 0.2) is 12.5 Å². The van der Waals surface area contributed by atoms with Gasteiger partial charge in [-0.15, -0.1) is 4.99 Å². The molecular weight excluding hydrogens is 236 g/mol. The number of nitriles is 1. The van der Waals surface area contributed by atoms with E-state index in [1.807, 2.05) is 0 Å². The van der Waals surface area contributed by atoms with E-state index in [0.29, 0.717) is 11.6 Å². The summed E-state index contributed by atoms with van der Waals surface area (Å²) < 4.78 is 6.38. The fourth-order valence-corrected chi connectivity index (χ4v) is 1.93. The number of hydrogen-bond donors (Lipinski definition) is 0. The van der Waals surface area contributed by atoms with Crippen molar-refractivity contribution < 1.29 is 18.9 Å². The number of hydrogen-bond acceptors (Lipinski definition) is 5. The Morgan fingerprint density at radius 2 is 2.33 bits per heavy atom. The molecule has 2 aliphatic heterocycles. The van der Waals surface area contributed by atoms with Crippen LogP contribution in [0.25, 0.3) is 0 Å². The van der Waals surface area contributed by atoms with E-state index in [0.717, 1.165) is 4.90 Å². The molecule has 1 atom stereocenters. The summed E-state index contributed by atoms with van der Waals surface area (Å²) in [6.07, 6.45) is 3.04. The highest BCUT2D eigenvalue weighted by atomic mass is 16.5. The average molecular weight is 247 g/mol. The molecule has 1 unspecified atom stereocenters. The number of amides is 3. The molecule has 0 saturated heterocycles. The van der Waals surface area contributed by atoms with Crippen LogP contribution in [0, 0.1) is 17.2 Å². The van der Waals surface area contributed by atoms with Crippen LogP contribution in [0.1, 0.15) is 0 Å². The topological polar surface area (TPSA) is 85.8 Å². The molecule has 0 saturated carbocycles. The Bertz CT molecular complexity index is 553. The summed E-state index contributed by atoms with van der Waals surface area (Å²) in [7, 11) is 2.96. The molecule has 0 fully saturated rings. The lowest BCUT2D eigenvalue weighted by molar-refractivity contribution is -0.408. The molecular formula is C11H11N4O3+. The number of imide groups is 1. The van der Waals surface area contributed by atoms with Crippen molar-refractivity contribution in [3.05, 3.63) is 11.8 Å². The van der Waals surface area contributed by atoms with Gasteiger partial charge in [-0.25, -0.2) is 4.79 Å². The minimum atomic E-state index is -0.754. The maximum absolute atomic E-state index is 12.2. The summed E-state index contributed by atoms with van der Waals surface area (Å²) in [6, 6.07) is 1.24. The Morgan fingerprint density at radius 1 is 1.61 bits per heavy atom. The van der Waals surface area contributed by atoms with Crippen molar-refractivity contribution in [3.63, 3.8) is 0 Å². The number of ether oxygens (including phenoxy) is 1. The van der Waals surface area contributed by atoms with Gasteiger partial charge in [-0.05, 0) is 0 Å². The number of dihydropyridines is 1.